The van der Waals surface area contributed by atoms with Crippen molar-refractivity contribution >= 4 is 35.2 Å². The van der Waals surface area contributed by atoms with E-state index >= 15 is 0 Å². The summed E-state index contributed by atoms with van der Waals surface area (Å²) in [6.45, 7) is 9.28. The monoisotopic (exact) mass is 735 g/mol. The highest BCUT2D eigenvalue weighted by Crippen LogP contribution is 2.43. The number of aryl methyl sites for hydroxylation is 1. The topological polar surface area (TPSA) is 113 Å². The molecule has 2 aliphatic heterocycles. The van der Waals surface area contributed by atoms with E-state index in [2.05, 4.69) is 52.3 Å². The SMILES string of the molecule is CCCC(C(=O)NC=O)c1ccc(N2CC3(CN(CCC4CCC(n5cc(Nc6ncc(-c7cc(C)c(F)cc7F)n7ccnc67)cn5)CC4)C3)C2)cc1. The molecular formula is C41H47F2N9O2. The summed E-state index contributed by atoms with van der Waals surface area (Å²) in [6, 6.07) is 11.1. The molecule has 2 N–H and O–H groups in total. The number of imide groups is 1. The van der Waals surface area contributed by atoms with E-state index in [1.807, 2.05) is 25.3 Å². The van der Waals surface area contributed by atoms with E-state index in [1.165, 1.54) is 31.0 Å². The van der Waals surface area contributed by atoms with Crippen molar-refractivity contribution in [1.82, 2.24) is 34.4 Å². The largest absolute Gasteiger partial charge is 0.370 e. The Morgan fingerprint density at radius 2 is 1.80 bits per heavy atom. The molecule has 2 saturated heterocycles. The normalized spacial score (nSPS) is 20.0. The van der Waals surface area contributed by atoms with E-state index in [9.17, 15) is 18.4 Å². The van der Waals surface area contributed by atoms with Crippen LogP contribution in [0.5, 0.6) is 0 Å². The Labute approximate surface area is 313 Å². The molecule has 3 fully saturated rings. The Morgan fingerprint density at radius 1 is 1.02 bits per heavy atom. The maximum Gasteiger partial charge on any atom is 0.233 e. The molecule has 1 spiro atoms. The first-order chi connectivity index (χ1) is 26.2. The molecule has 282 valence electrons. The van der Waals surface area contributed by atoms with Gasteiger partial charge in [-0.25, -0.2) is 18.7 Å². The third-order valence-corrected chi connectivity index (χ3v) is 11.8. The Balaban J connectivity index is 0.780. The van der Waals surface area contributed by atoms with Crippen LogP contribution in [-0.4, -0.2) is 74.1 Å². The molecule has 0 radical (unpaired) electrons. The first-order valence-corrected chi connectivity index (χ1v) is 19.1. The molecule has 1 aliphatic carbocycles. The predicted molar refractivity (Wildman–Crippen MR) is 204 cm³/mol. The van der Waals surface area contributed by atoms with E-state index in [0.29, 0.717) is 47.0 Å². The summed E-state index contributed by atoms with van der Waals surface area (Å²) in [4.78, 5) is 37.2. The fourth-order valence-electron chi connectivity index (χ4n) is 8.88. The molecule has 3 aromatic heterocycles. The second-order valence-corrected chi connectivity index (χ2v) is 15.6. The van der Waals surface area contributed by atoms with Crippen molar-refractivity contribution in [2.24, 2.45) is 11.3 Å². The molecule has 11 nitrogen and oxygen atoms in total. The third kappa shape index (κ3) is 7.08. The molecular weight excluding hydrogens is 689 g/mol. The lowest BCUT2D eigenvalue weighted by molar-refractivity contribution is -0.126. The van der Waals surface area contributed by atoms with E-state index in [4.69, 9.17) is 0 Å². The van der Waals surface area contributed by atoms with Crippen molar-refractivity contribution in [1.29, 1.82) is 0 Å². The molecule has 1 atom stereocenters. The number of carbonyl (C=O) groups is 2. The van der Waals surface area contributed by atoms with Gasteiger partial charge in [-0.15, -0.1) is 0 Å². The Morgan fingerprint density at radius 3 is 2.54 bits per heavy atom. The second-order valence-electron chi connectivity index (χ2n) is 15.6. The van der Waals surface area contributed by atoms with Crippen LogP contribution in [0.15, 0.2) is 67.4 Å². The van der Waals surface area contributed by atoms with E-state index in [-0.39, 0.29) is 17.4 Å². The smallest absolute Gasteiger partial charge is 0.233 e. The number of hydrogen-bond donors (Lipinski definition) is 2. The number of halogens is 2. The summed E-state index contributed by atoms with van der Waals surface area (Å²) in [7, 11) is 0. The van der Waals surface area contributed by atoms with Crippen LogP contribution in [0.4, 0.5) is 26.0 Å². The quantitative estimate of drug-likeness (QED) is 0.124. The Kier molecular flexibility index (Phi) is 9.91. The Bertz CT molecular complexity index is 2130. The molecule has 2 amide bonds. The van der Waals surface area contributed by atoms with E-state index < -0.39 is 11.6 Å². The van der Waals surface area contributed by atoms with Crippen LogP contribution in [0.1, 0.15) is 75.0 Å². The standard InChI is InChI=1S/C41H47F2N9O2/c1-3-4-33(40(54)46-26-53)29-7-11-31(12-8-29)50-24-41(25-50)22-49(23-41)15-13-28-5-9-32(10-6-28)52-21-30(19-47-52)48-38-39-44-14-16-51(39)37(20-45-38)34-17-27(2)35(42)18-36(34)43/h7-8,11-12,14,16-21,26,28,32-33H,3-6,9-10,13,15,22-25H2,1-2H3,(H,45,48)(H,46,53,54). The number of hydrogen-bond acceptors (Lipinski definition) is 8. The number of rotatable bonds is 13. The summed E-state index contributed by atoms with van der Waals surface area (Å²) < 4.78 is 32.5. The van der Waals surface area contributed by atoms with Crippen LogP contribution in [-0.2, 0) is 9.59 Å². The van der Waals surface area contributed by atoms with Crippen molar-refractivity contribution in [3.05, 3.63) is 90.1 Å². The van der Waals surface area contributed by atoms with Gasteiger partial charge in [0.25, 0.3) is 0 Å². The molecule has 2 aromatic carbocycles. The van der Waals surface area contributed by atoms with Crippen molar-refractivity contribution in [2.45, 2.75) is 70.8 Å². The number of imidazole rings is 1. The number of likely N-dealkylation sites (tertiary alicyclic amines) is 1. The maximum absolute atomic E-state index is 14.7. The molecule has 5 heterocycles. The van der Waals surface area contributed by atoms with Gasteiger partial charge in [0.1, 0.15) is 11.6 Å². The van der Waals surface area contributed by atoms with E-state index in [0.717, 1.165) is 75.2 Å². The highest BCUT2D eigenvalue weighted by molar-refractivity contribution is 5.91. The molecule has 1 unspecified atom stereocenters. The molecule has 8 rings (SSSR count). The fraction of sp³-hybridized carbons (Fsp3) is 0.439. The van der Waals surface area contributed by atoms with Gasteiger partial charge in [0, 0.05) is 67.5 Å². The van der Waals surface area contributed by atoms with Gasteiger partial charge in [-0.1, -0.05) is 25.5 Å². The van der Waals surface area contributed by atoms with Crippen molar-refractivity contribution in [2.75, 3.05) is 42.9 Å². The van der Waals surface area contributed by atoms with Gasteiger partial charge < -0.3 is 15.1 Å². The number of carbonyl (C=O) groups excluding carboxylic acids is 2. The average molecular weight is 736 g/mol. The zero-order chi connectivity index (χ0) is 37.4. The minimum absolute atomic E-state index is 0.235. The predicted octanol–water partition coefficient (Wildman–Crippen LogP) is 7.02. The minimum atomic E-state index is -0.648. The Hall–Kier alpha value is -5.17. The van der Waals surface area contributed by atoms with Crippen LogP contribution in [0.3, 0.4) is 0 Å². The number of benzene rings is 2. The average Bonchev–Trinajstić information content (AvgIpc) is 3.83. The molecule has 5 aromatic rings. The summed E-state index contributed by atoms with van der Waals surface area (Å²) in [6.07, 6.45) is 16.7. The van der Waals surface area contributed by atoms with Gasteiger partial charge in [0.15, 0.2) is 11.5 Å². The lowest BCUT2D eigenvalue weighted by atomic mass is 9.72. The summed E-state index contributed by atoms with van der Waals surface area (Å²) in [5.74, 6) is -0.497. The van der Waals surface area contributed by atoms with Gasteiger partial charge in [-0.2, -0.15) is 5.10 Å². The molecule has 1 saturated carbocycles. The highest BCUT2D eigenvalue weighted by Gasteiger charge is 2.51. The molecule has 3 aliphatic rings. The van der Waals surface area contributed by atoms with E-state index in [1.54, 1.807) is 36.1 Å². The van der Waals surface area contributed by atoms with Crippen LogP contribution >= 0.6 is 0 Å². The van der Waals surface area contributed by atoms with Crippen molar-refractivity contribution in [3.63, 3.8) is 0 Å². The number of fused-ring (bicyclic) bond motifs is 1. The summed E-state index contributed by atoms with van der Waals surface area (Å²) in [5, 5.41) is 10.4. The second kappa shape index (κ2) is 14.9. The molecule has 13 heteroatoms. The molecule has 0 bridgehead atoms. The number of anilines is 3. The summed E-state index contributed by atoms with van der Waals surface area (Å²) >= 11 is 0. The van der Waals surface area contributed by atoms with Gasteiger partial charge in [-0.3, -0.25) is 24.0 Å². The van der Waals surface area contributed by atoms with Crippen LogP contribution in [0.25, 0.3) is 16.9 Å². The number of aromatic nitrogens is 5. The van der Waals surface area contributed by atoms with Gasteiger partial charge in [0.05, 0.1) is 35.7 Å². The zero-order valence-electron chi connectivity index (χ0n) is 30.8. The lowest BCUT2D eigenvalue weighted by Gasteiger charge is -2.61. The van der Waals surface area contributed by atoms with Crippen molar-refractivity contribution < 1.29 is 18.4 Å². The van der Waals surface area contributed by atoms with Gasteiger partial charge >= 0.3 is 0 Å². The van der Waals surface area contributed by atoms with Crippen LogP contribution in [0, 0.1) is 29.9 Å². The van der Waals surface area contributed by atoms with Gasteiger partial charge in [-0.05, 0) is 87.2 Å². The van der Waals surface area contributed by atoms with Crippen LogP contribution in [0.2, 0.25) is 0 Å². The highest BCUT2D eigenvalue weighted by atomic mass is 19.1. The van der Waals surface area contributed by atoms with Crippen LogP contribution < -0.4 is 15.5 Å². The minimum Gasteiger partial charge on any atom is -0.370 e. The number of amides is 2. The van der Waals surface area contributed by atoms with Crippen molar-refractivity contribution in [3.8, 4) is 11.3 Å². The summed E-state index contributed by atoms with van der Waals surface area (Å²) in [5.41, 5.74) is 5.02. The van der Waals surface area contributed by atoms with Gasteiger partial charge in [0.2, 0.25) is 12.3 Å². The fourth-order valence-corrected chi connectivity index (χ4v) is 8.88. The lowest BCUT2D eigenvalue weighted by Crippen LogP contribution is -2.72. The number of nitrogens with zero attached hydrogens (tertiary/aromatic N) is 7. The maximum atomic E-state index is 14.7. The third-order valence-electron chi connectivity index (χ3n) is 11.8. The number of nitrogens with one attached hydrogen (secondary N) is 2. The zero-order valence-corrected chi connectivity index (χ0v) is 30.8. The first kappa shape index (κ1) is 35.8. The first-order valence-electron chi connectivity index (χ1n) is 19.1. The molecule has 54 heavy (non-hydrogen) atoms.